The number of carboxylic acids is 1. The summed E-state index contributed by atoms with van der Waals surface area (Å²) in [4.78, 5) is 14.8. The molecular weight excluding hydrogens is 633 g/mol. The molecule has 0 bridgehead atoms. The molecule has 7 nitrogen and oxygen atoms in total. The van der Waals surface area contributed by atoms with E-state index in [1.165, 1.54) is 25.7 Å². The van der Waals surface area contributed by atoms with Crippen molar-refractivity contribution < 1.29 is 23.4 Å². The van der Waals surface area contributed by atoms with Crippen LogP contribution in [0.3, 0.4) is 0 Å². The molecule has 8 heteroatoms. The molecule has 0 saturated heterocycles. The van der Waals surface area contributed by atoms with Crippen LogP contribution in [0.15, 0.2) is 70.2 Å². The van der Waals surface area contributed by atoms with Crippen molar-refractivity contribution in [1.82, 2.24) is 4.83 Å². The maximum absolute atomic E-state index is 13.5. The fourth-order valence-corrected chi connectivity index (χ4v) is 11.7. The maximum Gasteiger partial charge on any atom is 0.335 e. The second-order valence-electron chi connectivity index (χ2n) is 16.7. The smallest absolute Gasteiger partial charge is 0.335 e. The van der Waals surface area contributed by atoms with Gasteiger partial charge in [0.1, 0.15) is 0 Å². The monoisotopic (exact) mass is 688 g/mol. The van der Waals surface area contributed by atoms with E-state index in [0.29, 0.717) is 36.5 Å². The summed E-state index contributed by atoms with van der Waals surface area (Å²) < 4.78 is 27.0. The van der Waals surface area contributed by atoms with E-state index < -0.39 is 22.1 Å². The van der Waals surface area contributed by atoms with Crippen LogP contribution >= 0.6 is 0 Å². The van der Waals surface area contributed by atoms with Gasteiger partial charge in [-0.2, -0.15) is 18.4 Å². The van der Waals surface area contributed by atoms with Gasteiger partial charge in [-0.05, 0) is 128 Å². The Kier molecular flexibility index (Phi) is 9.97. The number of rotatable bonds is 10. The van der Waals surface area contributed by atoms with Crippen LogP contribution in [-0.2, 0) is 10.0 Å². The van der Waals surface area contributed by atoms with Crippen LogP contribution in [0.2, 0.25) is 0 Å². The Bertz CT molecular complexity index is 1720. The largest absolute Gasteiger partial charge is 0.478 e. The molecule has 3 saturated carbocycles. The van der Waals surface area contributed by atoms with Crippen LogP contribution in [0.4, 0.5) is 0 Å². The first-order valence-corrected chi connectivity index (χ1v) is 20.0. The predicted molar refractivity (Wildman–Crippen MR) is 195 cm³/mol. The second kappa shape index (κ2) is 13.6. The average molecular weight is 689 g/mol. The SMILES string of the molecule is Cc1ccc(S(=O)(=O)NN=C2C=C3C[C@@H](O)CC(c4cccc(C(=O)O)c4)[C@]3(C)[C@H]3CC[C@]4(C)[C@@H]([C@H](C)CCCC(C)C)CC[C@H]4[C@H]23)cc1. The molecule has 0 spiro atoms. The van der Waals surface area contributed by atoms with Crippen molar-refractivity contribution in [1.29, 1.82) is 0 Å². The summed E-state index contributed by atoms with van der Waals surface area (Å²) in [6.07, 6.45) is 10.7. The van der Waals surface area contributed by atoms with Crippen molar-refractivity contribution in [3.63, 3.8) is 0 Å². The van der Waals surface area contributed by atoms with Gasteiger partial charge in [0.25, 0.3) is 10.0 Å². The van der Waals surface area contributed by atoms with Gasteiger partial charge in [0.2, 0.25) is 0 Å². The molecule has 9 atom stereocenters. The molecular formula is C41H56N2O5S. The molecule has 0 amide bonds. The zero-order chi connectivity index (χ0) is 35.3. The Morgan fingerprint density at radius 1 is 1.02 bits per heavy atom. The van der Waals surface area contributed by atoms with Crippen molar-refractivity contribution in [2.75, 3.05) is 0 Å². The number of aromatic carboxylic acids is 1. The van der Waals surface area contributed by atoms with E-state index in [0.717, 1.165) is 41.7 Å². The number of hydrogen-bond acceptors (Lipinski definition) is 5. The number of fused-ring (bicyclic) bond motifs is 5. The lowest BCUT2D eigenvalue weighted by Gasteiger charge is -2.60. The minimum absolute atomic E-state index is 0.0430. The molecule has 2 aromatic carbocycles. The first kappa shape index (κ1) is 35.8. The second-order valence-corrected chi connectivity index (χ2v) is 18.4. The summed E-state index contributed by atoms with van der Waals surface area (Å²) >= 11 is 0. The molecule has 266 valence electrons. The van der Waals surface area contributed by atoms with E-state index in [4.69, 9.17) is 5.10 Å². The number of hydrazone groups is 1. The molecule has 1 unspecified atom stereocenters. The third kappa shape index (κ3) is 6.64. The van der Waals surface area contributed by atoms with Gasteiger partial charge in [0, 0.05) is 5.92 Å². The van der Waals surface area contributed by atoms with Crippen LogP contribution in [-0.4, -0.2) is 36.4 Å². The summed E-state index contributed by atoms with van der Waals surface area (Å²) in [7, 11) is -3.89. The highest BCUT2D eigenvalue weighted by atomic mass is 32.2. The Morgan fingerprint density at radius 2 is 1.76 bits per heavy atom. The highest BCUT2D eigenvalue weighted by molar-refractivity contribution is 7.89. The number of nitrogens with one attached hydrogen (secondary N) is 1. The van der Waals surface area contributed by atoms with Crippen LogP contribution in [0.25, 0.3) is 0 Å². The van der Waals surface area contributed by atoms with Crippen LogP contribution in [0.5, 0.6) is 0 Å². The molecule has 0 radical (unpaired) electrons. The maximum atomic E-state index is 13.5. The Morgan fingerprint density at radius 3 is 2.45 bits per heavy atom. The molecule has 3 N–H and O–H groups in total. The summed E-state index contributed by atoms with van der Waals surface area (Å²) in [5.74, 6) is 1.46. The summed E-state index contributed by atoms with van der Waals surface area (Å²) in [5.41, 5.74) is 3.84. The first-order chi connectivity index (χ1) is 23.1. The Labute approximate surface area is 293 Å². The van der Waals surface area contributed by atoms with E-state index in [9.17, 15) is 23.4 Å². The number of aliphatic hydroxyl groups is 1. The topological polar surface area (TPSA) is 116 Å². The molecule has 0 aliphatic heterocycles. The van der Waals surface area contributed by atoms with Gasteiger partial charge in [-0.25, -0.2) is 4.79 Å². The van der Waals surface area contributed by atoms with Gasteiger partial charge in [0.15, 0.2) is 0 Å². The molecule has 0 heterocycles. The molecule has 4 aliphatic rings. The van der Waals surface area contributed by atoms with Crippen molar-refractivity contribution in [2.45, 2.75) is 116 Å². The van der Waals surface area contributed by atoms with Crippen LogP contribution in [0.1, 0.15) is 120 Å². The number of aliphatic hydroxyl groups excluding tert-OH is 1. The first-order valence-electron chi connectivity index (χ1n) is 18.5. The molecule has 2 aromatic rings. The highest BCUT2D eigenvalue weighted by Crippen LogP contribution is 2.69. The number of allylic oxidation sites excluding steroid dienone is 1. The Balaban J connectivity index is 1.43. The van der Waals surface area contributed by atoms with Crippen molar-refractivity contribution >= 4 is 21.7 Å². The standard InChI is InChI=1S/C41H56N2O5S/c1-25(2)9-7-10-27(4)33-17-18-34-38-35(19-20-40(33,34)5)41(6)30(22-31(44)24-36(41)28-11-8-12-29(21-28)39(45)46)23-37(38)42-43-49(47,48)32-15-13-26(3)14-16-32/h8,11-16,21,23,25,27,31,33-36,38,43-44H,7,9-10,17-20,22,24H2,1-6H3,(H,45,46)/t27-,31-,33-,34+,35+,36?,38+,40-,41+/m1/s1. The Hall–Kier alpha value is -2.97. The number of aryl methyl sites for hydroxylation is 1. The van der Waals surface area contributed by atoms with Gasteiger partial charge in [-0.1, -0.05) is 89.3 Å². The number of carbonyl (C=O) groups is 1. The zero-order valence-electron chi connectivity index (χ0n) is 30.2. The van der Waals surface area contributed by atoms with Gasteiger partial charge >= 0.3 is 5.97 Å². The number of carboxylic acid groups (broad SMARTS) is 1. The van der Waals surface area contributed by atoms with Crippen molar-refractivity contribution in [2.24, 2.45) is 51.4 Å². The average Bonchev–Trinajstić information content (AvgIpc) is 3.41. The molecule has 4 aliphatic carbocycles. The highest BCUT2D eigenvalue weighted by Gasteiger charge is 2.62. The van der Waals surface area contributed by atoms with E-state index in [1.54, 1.807) is 36.4 Å². The van der Waals surface area contributed by atoms with Gasteiger partial charge in [0.05, 0.1) is 22.3 Å². The fraction of sp³-hybridized carbons (Fsp3) is 0.610. The zero-order valence-corrected chi connectivity index (χ0v) is 31.0. The number of nitrogens with zero attached hydrogens (tertiary/aromatic N) is 1. The third-order valence-corrected chi connectivity index (χ3v) is 14.7. The van der Waals surface area contributed by atoms with Crippen LogP contribution in [0, 0.1) is 53.3 Å². The van der Waals surface area contributed by atoms with E-state index in [1.807, 2.05) is 19.1 Å². The van der Waals surface area contributed by atoms with Crippen molar-refractivity contribution in [3.05, 3.63) is 76.9 Å². The summed E-state index contributed by atoms with van der Waals surface area (Å²) in [6.45, 7) is 13.8. The fourth-order valence-electron chi connectivity index (χ4n) is 10.9. The van der Waals surface area contributed by atoms with Gasteiger partial charge in [-0.3, -0.25) is 0 Å². The van der Waals surface area contributed by atoms with Gasteiger partial charge < -0.3 is 10.2 Å². The number of sulfonamides is 1. The molecule has 3 fully saturated rings. The quantitative estimate of drug-likeness (QED) is 0.216. The van der Waals surface area contributed by atoms with E-state index >= 15 is 0 Å². The summed E-state index contributed by atoms with van der Waals surface area (Å²) in [5, 5.41) is 25.9. The normalized spacial score (nSPS) is 34.1. The number of benzene rings is 2. The lowest BCUT2D eigenvalue weighted by Crippen LogP contribution is -2.56. The van der Waals surface area contributed by atoms with Crippen molar-refractivity contribution in [3.8, 4) is 0 Å². The molecule has 6 rings (SSSR count). The van der Waals surface area contributed by atoms with Gasteiger partial charge in [-0.15, -0.1) is 0 Å². The molecule has 49 heavy (non-hydrogen) atoms. The summed E-state index contributed by atoms with van der Waals surface area (Å²) in [6, 6.07) is 14.1. The number of hydrogen-bond donors (Lipinski definition) is 3. The third-order valence-electron chi connectivity index (χ3n) is 13.4. The predicted octanol–water partition coefficient (Wildman–Crippen LogP) is 8.73. The minimum atomic E-state index is -3.89. The lowest BCUT2D eigenvalue weighted by atomic mass is 9.44. The molecule has 0 aromatic heterocycles. The van der Waals surface area contributed by atoms with Crippen LogP contribution < -0.4 is 4.83 Å². The lowest BCUT2D eigenvalue weighted by molar-refractivity contribution is -0.0390. The van der Waals surface area contributed by atoms with E-state index in [2.05, 4.69) is 45.5 Å². The minimum Gasteiger partial charge on any atom is -0.478 e. The van der Waals surface area contributed by atoms with E-state index in [-0.39, 0.29) is 39.0 Å².